The van der Waals surface area contributed by atoms with Crippen molar-refractivity contribution >= 4 is 11.9 Å². The summed E-state index contributed by atoms with van der Waals surface area (Å²) in [4.78, 5) is 25.8. The number of fused-ring (bicyclic) bond motifs is 2. The normalized spacial score (nSPS) is 19.5. The van der Waals surface area contributed by atoms with Gasteiger partial charge >= 0.3 is 11.9 Å². The van der Waals surface area contributed by atoms with Crippen LogP contribution in [0.2, 0.25) is 0 Å². The van der Waals surface area contributed by atoms with E-state index >= 15 is 0 Å². The van der Waals surface area contributed by atoms with E-state index in [1.165, 1.54) is 0 Å². The molecule has 4 aromatic rings. The van der Waals surface area contributed by atoms with Gasteiger partial charge in [-0.05, 0) is 58.7 Å². The second kappa shape index (κ2) is 23.5. The highest BCUT2D eigenvalue weighted by Gasteiger charge is 2.45. The van der Waals surface area contributed by atoms with Crippen LogP contribution in [0.25, 0.3) is 0 Å². The van der Waals surface area contributed by atoms with Gasteiger partial charge in [-0.15, -0.1) is 0 Å². The zero-order valence-electron chi connectivity index (χ0n) is 41.6. The van der Waals surface area contributed by atoms with Gasteiger partial charge in [-0.1, -0.05) is 12.1 Å². The van der Waals surface area contributed by atoms with E-state index in [0.717, 1.165) is 58.5 Å². The van der Waals surface area contributed by atoms with Crippen molar-refractivity contribution in [1.29, 1.82) is 0 Å². The largest absolute Gasteiger partial charge is 0.496 e. The zero-order valence-corrected chi connectivity index (χ0v) is 41.6. The monoisotopic (exact) mass is 958 g/mol. The molecule has 2 aliphatic rings. The van der Waals surface area contributed by atoms with Crippen molar-refractivity contribution in [1.82, 2.24) is 0 Å². The van der Waals surface area contributed by atoms with Gasteiger partial charge in [0.25, 0.3) is 0 Å². The number of nitrogens with zero attached hydrogens (tertiary/aromatic N) is 2. The van der Waals surface area contributed by atoms with Gasteiger partial charge < -0.3 is 66.9 Å². The van der Waals surface area contributed by atoms with Gasteiger partial charge in [-0.25, -0.2) is 9.59 Å². The molecule has 4 unspecified atom stereocenters. The Bertz CT molecular complexity index is 2470. The van der Waals surface area contributed by atoms with Gasteiger partial charge in [-0.3, -0.25) is 0 Å². The fourth-order valence-corrected chi connectivity index (χ4v) is 10.5. The lowest BCUT2D eigenvalue weighted by atomic mass is 9.82. The Hall–Kier alpha value is -6.04. The molecule has 0 amide bonds. The van der Waals surface area contributed by atoms with E-state index in [-0.39, 0.29) is 45.1 Å². The first-order valence-corrected chi connectivity index (χ1v) is 23.2. The Balaban J connectivity index is 1.09. The van der Waals surface area contributed by atoms with Gasteiger partial charge in [0, 0.05) is 60.9 Å². The van der Waals surface area contributed by atoms with E-state index in [1.54, 1.807) is 49.8 Å². The third-order valence-electron chi connectivity index (χ3n) is 14.0. The molecule has 0 fully saturated rings. The first kappa shape index (κ1) is 52.3. The number of ether oxygens (including phenoxy) is 9. The van der Waals surface area contributed by atoms with Gasteiger partial charge in [0.15, 0.2) is 23.0 Å². The zero-order chi connectivity index (χ0) is 49.9. The van der Waals surface area contributed by atoms with E-state index < -0.39 is 11.9 Å². The maximum absolute atomic E-state index is 12.9. The molecule has 0 aliphatic carbocycles. The van der Waals surface area contributed by atoms with Crippen molar-refractivity contribution in [2.75, 3.05) is 103 Å². The molecule has 69 heavy (non-hydrogen) atoms. The van der Waals surface area contributed by atoms with Crippen molar-refractivity contribution in [3.8, 4) is 40.2 Å². The van der Waals surface area contributed by atoms with Gasteiger partial charge in [0.1, 0.15) is 23.6 Å². The molecule has 374 valence electrons. The number of carbonyl (C=O) groups excluding carboxylic acids is 2. The minimum Gasteiger partial charge on any atom is -0.496 e. The maximum Gasteiger partial charge on any atom is 0.331 e. The minimum absolute atomic E-state index is 0.0724. The Morgan fingerprint density at radius 2 is 1.14 bits per heavy atom. The highest BCUT2D eigenvalue weighted by Crippen LogP contribution is 2.51. The van der Waals surface area contributed by atoms with E-state index in [0.29, 0.717) is 111 Å². The number of hydrogen-bond donors (Lipinski definition) is 3. The number of rotatable bonds is 23. The fourth-order valence-electron chi connectivity index (χ4n) is 10.5. The maximum atomic E-state index is 12.9. The smallest absolute Gasteiger partial charge is 0.331 e. The Kier molecular flexibility index (Phi) is 17.8. The number of hydrogen-bond acceptors (Lipinski definition) is 14. The summed E-state index contributed by atoms with van der Waals surface area (Å²) in [6, 6.07) is 15.3. The van der Waals surface area contributed by atoms with E-state index in [1.807, 2.05) is 48.5 Å². The van der Waals surface area contributed by atoms with Crippen LogP contribution in [0.3, 0.4) is 0 Å². The van der Waals surface area contributed by atoms with Crippen LogP contribution in [0.5, 0.6) is 40.2 Å². The SMILES string of the molecule is COc1ccc(C2c3c(cc(CO)c(CO)c3OC)CC[N+]2(C)CCCOC(=O)/C=C/C(=O)OCCC[N+]2(C)CCc3cc(OC)c(OC)c(OC)c3C2Cc2ccc(OC)c(OC)c2)cc1CO. The second-order valence-electron chi connectivity index (χ2n) is 17.9. The third kappa shape index (κ3) is 11.2. The summed E-state index contributed by atoms with van der Waals surface area (Å²) >= 11 is 0. The van der Waals surface area contributed by atoms with Crippen LogP contribution in [-0.2, 0) is 58.1 Å². The van der Waals surface area contributed by atoms with Gasteiger partial charge in [0.05, 0.1) is 134 Å². The van der Waals surface area contributed by atoms with Crippen molar-refractivity contribution < 1.29 is 76.5 Å². The lowest BCUT2D eigenvalue weighted by Gasteiger charge is -2.46. The van der Waals surface area contributed by atoms with Crippen LogP contribution in [0.1, 0.15) is 75.0 Å². The standard InChI is InChI=1S/C53H70N2O14/c1-54(22-18-36-30-45(64-6)52(66-8)53(67-9)48(36)41(54)26-34-12-14-43(62-4)44(27-34)63-5)20-10-24-68-46(59)16-17-47(60)69-25-11-21-55(2)23-19-35-28-38(31-56)40(33-58)51(65-7)49(35)50(55)37-13-15-42(61-3)39(29-37)32-57/h12-17,27-30,41,50,56-58H,10-11,18-26,31-33H2,1-9H3/q+2/b17-16+. The van der Waals surface area contributed by atoms with Crippen molar-refractivity contribution in [3.05, 3.63) is 111 Å². The predicted octanol–water partition coefficient (Wildman–Crippen LogP) is 5.73. The molecule has 0 spiro atoms. The summed E-state index contributed by atoms with van der Waals surface area (Å²) in [5.74, 6) is 2.82. The second-order valence-corrected chi connectivity index (χ2v) is 17.9. The minimum atomic E-state index is -0.660. The summed E-state index contributed by atoms with van der Waals surface area (Å²) in [5, 5.41) is 30.8. The number of aliphatic hydroxyl groups is 3. The molecular formula is C53H70N2O14+2. The molecule has 4 aromatic carbocycles. The number of carbonyl (C=O) groups is 2. The quantitative estimate of drug-likeness (QED) is 0.0356. The van der Waals surface area contributed by atoms with Crippen LogP contribution < -0.4 is 33.2 Å². The Morgan fingerprint density at radius 3 is 1.71 bits per heavy atom. The number of aliphatic hydroxyl groups excluding tert-OH is 3. The molecule has 0 radical (unpaired) electrons. The van der Waals surface area contributed by atoms with Crippen molar-refractivity contribution in [2.24, 2.45) is 0 Å². The number of likely N-dealkylation sites (N-methyl/N-ethyl adjacent to an activating group) is 2. The van der Waals surface area contributed by atoms with Gasteiger partial charge in [-0.2, -0.15) is 0 Å². The molecule has 16 heteroatoms. The average Bonchev–Trinajstić information content (AvgIpc) is 3.37. The lowest BCUT2D eigenvalue weighted by molar-refractivity contribution is -0.941. The molecule has 16 nitrogen and oxygen atoms in total. The number of quaternary nitrogens is 2. The van der Waals surface area contributed by atoms with E-state index in [2.05, 4.69) is 14.1 Å². The van der Waals surface area contributed by atoms with Crippen LogP contribution >= 0.6 is 0 Å². The molecule has 2 aliphatic heterocycles. The highest BCUT2D eigenvalue weighted by molar-refractivity contribution is 5.91. The van der Waals surface area contributed by atoms with E-state index in [9.17, 15) is 24.9 Å². The summed E-state index contributed by atoms with van der Waals surface area (Å²) < 4.78 is 52.5. The summed E-state index contributed by atoms with van der Waals surface area (Å²) in [6.07, 6.45) is 5.34. The average molecular weight is 959 g/mol. The van der Waals surface area contributed by atoms with Crippen LogP contribution in [0.15, 0.2) is 60.7 Å². The predicted molar refractivity (Wildman–Crippen MR) is 257 cm³/mol. The Morgan fingerprint density at radius 1 is 0.580 bits per heavy atom. The van der Waals surface area contributed by atoms with Crippen molar-refractivity contribution in [2.45, 2.75) is 64.0 Å². The van der Waals surface area contributed by atoms with Crippen molar-refractivity contribution in [3.63, 3.8) is 0 Å². The molecule has 6 rings (SSSR count). The number of methoxy groups -OCH3 is 7. The highest BCUT2D eigenvalue weighted by atomic mass is 16.5. The molecular weight excluding hydrogens is 889 g/mol. The molecule has 3 N–H and O–H groups in total. The molecule has 0 bridgehead atoms. The van der Waals surface area contributed by atoms with E-state index in [4.69, 9.17) is 42.6 Å². The Labute approximate surface area is 405 Å². The first-order chi connectivity index (χ1) is 33.3. The fraction of sp³-hybridized carbons (Fsp3) is 0.472. The summed E-state index contributed by atoms with van der Waals surface area (Å²) in [7, 11) is 15.5. The topological polar surface area (TPSA) is 178 Å². The first-order valence-electron chi connectivity index (χ1n) is 23.2. The molecule has 2 heterocycles. The summed E-state index contributed by atoms with van der Waals surface area (Å²) in [5.41, 5.74) is 7.78. The van der Waals surface area contributed by atoms with Gasteiger partial charge in [0.2, 0.25) is 5.75 Å². The third-order valence-corrected chi connectivity index (χ3v) is 14.0. The number of benzene rings is 4. The lowest BCUT2D eigenvalue weighted by Crippen LogP contribution is -2.52. The van der Waals surface area contributed by atoms with Crippen LogP contribution in [-0.4, -0.2) is 139 Å². The van der Waals surface area contributed by atoms with Crippen LogP contribution in [0, 0.1) is 0 Å². The molecule has 0 saturated heterocycles. The molecule has 0 saturated carbocycles. The summed E-state index contributed by atoms with van der Waals surface area (Å²) in [6.45, 7) is 2.27. The van der Waals surface area contributed by atoms with Crippen LogP contribution in [0.4, 0.5) is 0 Å². The number of esters is 2. The molecule has 0 aromatic heterocycles. The molecule has 4 atom stereocenters.